The minimum absolute atomic E-state index is 0.509. The van der Waals surface area contributed by atoms with Gasteiger partial charge in [0.15, 0.2) is 5.58 Å². The van der Waals surface area contributed by atoms with E-state index in [1.807, 2.05) is 24.3 Å². The van der Waals surface area contributed by atoms with Crippen LogP contribution in [0, 0.1) is 0 Å². The first kappa shape index (κ1) is 9.72. The second kappa shape index (κ2) is 3.83. The first-order valence-corrected chi connectivity index (χ1v) is 5.19. The average Bonchev–Trinajstić information content (AvgIpc) is 2.95. The maximum Gasteiger partial charge on any atom is 0.220 e. The van der Waals surface area contributed by atoms with E-state index in [4.69, 9.17) is 14.6 Å². The number of furan rings is 1. The van der Waals surface area contributed by atoms with E-state index in [-0.39, 0.29) is 0 Å². The number of nitrogens with two attached hydrogens (primary N) is 1. The lowest BCUT2D eigenvalue weighted by atomic mass is 10.3. The van der Waals surface area contributed by atoms with Gasteiger partial charge in [-0.1, -0.05) is 6.07 Å². The van der Waals surface area contributed by atoms with Crippen molar-refractivity contribution in [3.63, 3.8) is 0 Å². The minimum Gasteiger partial charge on any atom is -0.465 e. The Labute approximate surface area is 97.4 Å². The molecule has 2 N–H and O–H groups in total. The third kappa shape index (κ3) is 1.80. The van der Waals surface area contributed by atoms with Crippen molar-refractivity contribution < 1.29 is 8.83 Å². The second-order valence-corrected chi connectivity index (χ2v) is 3.59. The van der Waals surface area contributed by atoms with Gasteiger partial charge in [-0.15, -0.1) is 0 Å². The molecule has 0 bridgehead atoms. The summed E-state index contributed by atoms with van der Waals surface area (Å²) < 4.78 is 10.7. The van der Waals surface area contributed by atoms with Crippen LogP contribution in [0.1, 0.15) is 11.7 Å². The maximum atomic E-state index is 5.80. The Bertz CT molecular complexity index is 666. The highest BCUT2D eigenvalue weighted by molar-refractivity contribution is 5.86. The fraction of sp³-hybridized carbons (Fsp3) is 0. The number of oxazole rings is 1. The van der Waals surface area contributed by atoms with E-state index < -0.39 is 0 Å². The molecule has 2 heterocycles. The Kier molecular flexibility index (Phi) is 2.19. The highest BCUT2D eigenvalue weighted by Gasteiger charge is 2.05. The number of nitrogens with zero attached hydrogens (tertiary/aromatic N) is 1. The Balaban J connectivity index is 1.99. The molecule has 0 aliphatic carbocycles. The molecule has 0 saturated heterocycles. The Hall–Kier alpha value is -2.49. The van der Waals surface area contributed by atoms with Crippen molar-refractivity contribution in [2.45, 2.75) is 0 Å². The van der Waals surface area contributed by atoms with Gasteiger partial charge in [0, 0.05) is 6.08 Å². The topological polar surface area (TPSA) is 65.2 Å². The molecule has 4 nitrogen and oxygen atoms in total. The SMILES string of the molecule is Nc1cccc2oc(/C=C\c3ccco3)nc12. The van der Waals surface area contributed by atoms with Crippen LogP contribution in [0.25, 0.3) is 23.3 Å². The first-order chi connectivity index (χ1) is 8.33. The number of nitrogen functional groups attached to an aromatic ring is 1. The summed E-state index contributed by atoms with van der Waals surface area (Å²) in [7, 11) is 0. The summed E-state index contributed by atoms with van der Waals surface area (Å²) in [6.07, 6.45) is 5.16. The van der Waals surface area contributed by atoms with Crippen molar-refractivity contribution >= 4 is 28.9 Å². The number of fused-ring (bicyclic) bond motifs is 1. The van der Waals surface area contributed by atoms with Gasteiger partial charge in [0.1, 0.15) is 11.3 Å². The fourth-order valence-electron chi connectivity index (χ4n) is 1.60. The largest absolute Gasteiger partial charge is 0.465 e. The van der Waals surface area contributed by atoms with Crippen molar-refractivity contribution in [1.29, 1.82) is 0 Å². The van der Waals surface area contributed by atoms with E-state index in [9.17, 15) is 0 Å². The fourth-order valence-corrected chi connectivity index (χ4v) is 1.60. The van der Waals surface area contributed by atoms with E-state index in [0.29, 0.717) is 22.7 Å². The minimum atomic E-state index is 0.509. The van der Waals surface area contributed by atoms with E-state index >= 15 is 0 Å². The Morgan fingerprint density at radius 3 is 2.82 bits per heavy atom. The zero-order chi connectivity index (χ0) is 11.7. The highest BCUT2D eigenvalue weighted by atomic mass is 16.3. The van der Waals surface area contributed by atoms with Crippen LogP contribution in [0.4, 0.5) is 5.69 Å². The molecule has 0 aliphatic rings. The van der Waals surface area contributed by atoms with Crippen LogP contribution in [-0.4, -0.2) is 4.98 Å². The molecule has 17 heavy (non-hydrogen) atoms. The number of hydrogen-bond donors (Lipinski definition) is 1. The lowest BCUT2D eigenvalue weighted by Crippen LogP contribution is -1.84. The number of para-hydroxylation sites is 1. The number of aromatic nitrogens is 1. The first-order valence-electron chi connectivity index (χ1n) is 5.19. The van der Waals surface area contributed by atoms with Gasteiger partial charge in [0.05, 0.1) is 12.0 Å². The normalized spacial score (nSPS) is 11.5. The van der Waals surface area contributed by atoms with Crippen molar-refractivity contribution in [2.24, 2.45) is 0 Å². The lowest BCUT2D eigenvalue weighted by molar-refractivity contribution is 0.556. The molecule has 0 atom stereocenters. The molecule has 0 spiro atoms. The van der Waals surface area contributed by atoms with E-state index in [0.717, 1.165) is 5.76 Å². The molecule has 1 aromatic carbocycles. The number of benzene rings is 1. The smallest absolute Gasteiger partial charge is 0.220 e. The average molecular weight is 226 g/mol. The summed E-state index contributed by atoms with van der Waals surface area (Å²) in [5.41, 5.74) is 7.78. The maximum absolute atomic E-state index is 5.80. The molecular formula is C13H10N2O2. The molecule has 2 aromatic heterocycles. The van der Waals surface area contributed by atoms with Gasteiger partial charge in [-0.25, -0.2) is 4.98 Å². The molecule has 3 rings (SSSR count). The predicted octanol–water partition coefficient (Wildman–Crippen LogP) is 3.17. The van der Waals surface area contributed by atoms with Gasteiger partial charge in [0.2, 0.25) is 5.89 Å². The van der Waals surface area contributed by atoms with Gasteiger partial charge in [-0.05, 0) is 30.3 Å². The van der Waals surface area contributed by atoms with Crippen molar-refractivity contribution in [2.75, 3.05) is 5.73 Å². The summed E-state index contributed by atoms with van der Waals surface area (Å²) >= 11 is 0. The van der Waals surface area contributed by atoms with Crippen LogP contribution in [0.3, 0.4) is 0 Å². The van der Waals surface area contributed by atoms with Gasteiger partial charge in [-0.2, -0.15) is 0 Å². The molecule has 0 fully saturated rings. The summed E-state index contributed by atoms with van der Waals surface area (Å²) in [6, 6.07) is 9.15. The molecule has 4 heteroatoms. The van der Waals surface area contributed by atoms with Crippen molar-refractivity contribution in [1.82, 2.24) is 4.98 Å². The molecule has 3 aromatic rings. The monoisotopic (exact) mass is 226 g/mol. The summed E-state index contributed by atoms with van der Waals surface area (Å²) in [6.45, 7) is 0. The Morgan fingerprint density at radius 1 is 1.12 bits per heavy atom. The molecule has 0 saturated carbocycles. The molecular weight excluding hydrogens is 216 g/mol. The van der Waals surface area contributed by atoms with E-state index in [1.54, 1.807) is 24.5 Å². The zero-order valence-electron chi connectivity index (χ0n) is 8.96. The van der Waals surface area contributed by atoms with Crippen molar-refractivity contribution in [3.05, 3.63) is 48.2 Å². The van der Waals surface area contributed by atoms with Crippen LogP contribution in [0.5, 0.6) is 0 Å². The quantitative estimate of drug-likeness (QED) is 0.681. The molecule has 0 unspecified atom stereocenters. The lowest BCUT2D eigenvalue weighted by Gasteiger charge is -1.89. The number of hydrogen-bond acceptors (Lipinski definition) is 4. The van der Waals surface area contributed by atoms with Crippen LogP contribution in [0.2, 0.25) is 0 Å². The van der Waals surface area contributed by atoms with Crippen LogP contribution >= 0.6 is 0 Å². The molecule has 0 radical (unpaired) electrons. The summed E-state index contributed by atoms with van der Waals surface area (Å²) in [4.78, 5) is 4.29. The summed E-state index contributed by atoms with van der Waals surface area (Å²) in [5, 5.41) is 0. The Morgan fingerprint density at radius 2 is 2.06 bits per heavy atom. The number of anilines is 1. The molecule has 0 amide bonds. The van der Waals surface area contributed by atoms with Gasteiger partial charge in [-0.3, -0.25) is 0 Å². The van der Waals surface area contributed by atoms with Gasteiger partial charge >= 0.3 is 0 Å². The van der Waals surface area contributed by atoms with Gasteiger partial charge < -0.3 is 14.6 Å². The molecule has 84 valence electrons. The highest BCUT2D eigenvalue weighted by Crippen LogP contribution is 2.22. The predicted molar refractivity (Wildman–Crippen MR) is 66.1 cm³/mol. The molecule has 0 aliphatic heterocycles. The van der Waals surface area contributed by atoms with E-state index in [2.05, 4.69) is 4.98 Å². The third-order valence-electron chi connectivity index (χ3n) is 2.40. The van der Waals surface area contributed by atoms with Gasteiger partial charge in [0.25, 0.3) is 0 Å². The zero-order valence-corrected chi connectivity index (χ0v) is 8.96. The summed E-state index contributed by atoms with van der Waals surface area (Å²) in [5.74, 6) is 1.26. The van der Waals surface area contributed by atoms with Crippen LogP contribution in [0.15, 0.2) is 45.4 Å². The second-order valence-electron chi connectivity index (χ2n) is 3.59. The standard InChI is InChI=1S/C13H10N2O2/c14-10-4-1-5-11-13(10)15-12(17-11)7-6-9-3-2-8-16-9/h1-8H,14H2/b7-6-. The van der Waals surface area contributed by atoms with Crippen molar-refractivity contribution in [3.8, 4) is 0 Å². The number of rotatable bonds is 2. The van der Waals surface area contributed by atoms with Crippen LogP contribution in [-0.2, 0) is 0 Å². The third-order valence-corrected chi connectivity index (χ3v) is 2.40. The van der Waals surface area contributed by atoms with Crippen LogP contribution < -0.4 is 5.73 Å². The van der Waals surface area contributed by atoms with E-state index in [1.165, 1.54) is 0 Å².